The van der Waals surface area contributed by atoms with Crippen molar-refractivity contribution in [1.82, 2.24) is 4.90 Å². The summed E-state index contributed by atoms with van der Waals surface area (Å²) in [6.45, 7) is 0. The van der Waals surface area contributed by atoms with Gasteiger partial charge in [-0.15, -0.1) is 0 Å². The molecule has 2 atom stereocenters. The number of carboxylic acid groups (broad SMARTS) is 1. The van der Waals surface area contributed by atoms with Gasteiger partial charge in [0.1, 0.15) is 5.75 Å². The van der Waals surface area contributed by atoms with Crippen LogP contribution in [-0.4, -0.2) is 29.9 Å². The molecular formula is C23H24NO4-. The molecule has 2 aromatic rings. The van der Waals surface area contributed by atoms with Crippen molar-refractivity contribution >= 4 is 11.9 Å². The fraction of sp³-hybridized carbons (Fsp3) is 0.391. The molecule has 5 nitrogen and oxygen atoms in total. The quantitative estimate of drug-likeness (QED) is 0.820. The van der Waals surface area contributed by atoms with E-state index in [0.717, 1.165) is 37.7 Å². The minimum atomic E-state index is -1.15. The molecule has 0 bridgehead atoms. The van der Waals surface area contributed by atoms with E-state index in [1.165, 1.54) is 0 Å². The molecule has 146 valence electrons. The van der Waals surface area contributed by atoms with Crippen LogP contribution in [-0.2, 0) is 4.79 Å². The zero-order chi connectivity index (χ0) is 19.7. The van der Waals surface area contributed by atoms with Gasteiger partial charge in [0.15, 0.2) is 0 Å². The maximum Gasteiger partial charge on any atom is 0.254 e. The van der Waals surface area contributed by atoms with Crippen molar-refractivity contribution in [3.63, 3.8) is 0 Å². The molecule has 2 aliphatic rings. The van der Waals surface area contributed by atoms with Gasteiger partial charge in [-0.1, -0.05) is 49.6 Å². The number of ether oxygens (including phenoxy) is 1. The smallest absolute Gasteiger partial charge is 0.254 e. The standard InChI is InChI=1S/C23H25NO4/c1-28-17-13-11-15(12-14-17)21-20(23(26)27)18-9-5-6-10-19(18)22(25)24(21)16-7-3-2-4-8-16/h5-6,9-14,16,20-21H,2-4,7-8H2,1H3,(H,26,27)/p-1/t20-,21+/m1/s1. The van der Waals surface area contributed by atoms with Crippen LogP contribution in [0.5, 0.6) is 5.75 Å². The van der Waals surface area contributed by atoms with Crippen LogP contribution < -0.4 is 9.84 Å². The molecule has 0 radical (unpaired) electrons. The predicted molar refractivity (Wildman–Crippen MR) is 103 cm³/mol. The molecule has 0 spiro atoms. The van der Waals surface area contributed by atoms with Crippen LogP contribution in [0.4, 0.5) is 0 Å². The summed E-state index contributed by atoms with van der Waals surface area (Å²) < 4.78 is 5.24. The summed E-state index contributed by atoms with van der Waals surface area (Å²) in [5.74, 6) is -1.44. The molecule has 0 unspecified atom stereocenters. The van der Waals surface area contributed by atoms with E-state index in [4.69, 9.17) is 4.74 Å². The van der Waals surface area contributed by atoms with Crippen LogP contribution in [0.25, 0.3) is 0 Å². The summed E-state index contributed by atoms with van der Waals surface area (Å²) in [4.78, 5) is 27.6. The fourth-order valence-electron chi connectivity index (χ4n) is 4.72. The van der Waals surface area contributed by atoms with Crippen molar-refractivity contribution in [2.24, 2.45) is 0 Å². The number of hydrogen-bond donors (Lipinski definition) is 0. The molecular weight excluding hydrogens is 354 g/mol. The van der Waals surface area contributed by atoms with Crippen molar-refractivity contribution < 1.29 is 19.4 Å². The van der Waals surface area contributed by atoms with Crippen LogP contribution in [0.3, 0.4) is 0 Å². The van der Waals surface area contributed by atoms with E-state index < -0.39 is 17.9 Å². The van der Waals surface area contributed by atoms with Gasteiger partial charge in [-0.2, -0.15) is 0 Å². The number of methoxy groups -OCH3 is 1. The van der Waals surface area contributed by atoms with Gasteiger partial charge in [-0.05, 0) is 42.2 Å². The third-order valence-corrected chi connectivity index (χ3v) is 6.06. The van der Waals surface area contributed by atoms with Gasteiger partial charge in [-0.3, -0.25) is 4.79 Å². The second-order valence-electron chi connectivity index (χ2n) is 7.61. The molecule has 1 aliphatic heterocycles. The van der Waals surface area contributed by atoms with Crippen LogP contribution in [0.1, 0.15) is 65.5 Å². The SMILES string of the molecule is COc1ccc([C@H]2[C@H](C(=O)[O-])c3ccccc3C(=O)N2C2CCCCC2)cc1. The number of carbonyl (C=O) groups is 2. The highest BCUT2D eigenvalue weighted by Crippen LogP contribution is 2.45. The van der Waals surface area contributed by atoms with E-state index in [-0.39, 0.29) is 11.9 Å². The summed E-state index contributed by atoms with van der Waals surface area (Å²) in [6.07, 6.45) is 5.08. The van der Waals surface area contributed by atoms with Gasteiger partial charge >= 0.3 is 0 Å². The molecule has 0 saturated heterocycles. The Hall–Kier alpha value is -2.82. The van der Waals surface area contributed by atoms with Gasteiger partial charge in [0, 0.05) is 17.5 Å². The molecule has 1 aliphatic carbocycles. The molecule has 4 rings (SSSR count). The number of benzene rings is 2. The van der Waals surface area contributed by atoms with Gasteiger partial charge in [0.25, 0.3) is 5.91 Å². The molecule has 1 saturated carbocycles. The van der Waals surface area contributed by atoms with Crippen LogP contribution in [0.2, 0.25) is 0 Å². The first-order valence-corrected chi connectivity index (χ1v) is 9.88. The van der Waals surface area contributed by atoms with Crippen molar-refractivity contribution in [2.45, 2.75) is 50.1 Å². The molecule has 1 amide bonds. The average Bonchev–Trinajstić information content (AvgIpc) is 2.74. The van der Waals surface area contributed by atoms with Crippen molar-refractivity contribution in [3.8, 4) is 5.75 Å². The predicted octanol–water partition coefficient (Wildman–Crippen LogP) is 3.06. The zero-order valence-electron chi connectivity index (χ0n) is 16.0. The summed E-state index contributed by atoms with van der Waals surface area (Å²) >= 11 is 0. The van der Waals surface area contributed by atoms with Crippen molar-refractivity contribution in [2.75, 3.05) is 7.11 Å². The second-order valence-corrected chi connectivity index (χ2v) is 7.61. The number of fused-ring (bicyclic) bond motifs is 1. The number of rotatable bonds is 4. The minimum absolute atomic E-state index is 0.0450. The lowest BCUT2D eigenvalue weighted by molar-refractivity contribution is -0.309. The van der Waals surface area contributed by atoms with E-state index in [0.29, 0.717) is 16.9 Å². The lowest BCUT2D eigenvalue weighted by Gasteiger charge is -2.47. The lowest BCUT2D eigenvalue weighted by Crippen LogP contribution is -2.52. The Morgan fingerprint density at radius 2 is 1.71 bits per heavy atom. The molecule has 2 aromatic carbocycles. The Balaban J connectivity index is 1.87. The van der Waals surface area contributed by atoms with Gasteiger partial charge in [-0.25, -0.2) is 0 Å². The Kier molecular flexibility index (Phi) is 5.07. The summed E-state index contributed by atoms with van der Waals surface area (Å²) in [7, 11) is 1.59. The maximum absolute atomic E-state index is 13.5. The first-order valence-electron chi connectivity index (χ1n) is 9.88. The number of nitrogens with zero attached hydrogens (tertiary/aromatic N) is 1. The largest absolute Gasteiger partial charge is 0.549 e. The molecule has 28 heavy (non-hydrogen) atoms. The van der Waals surface area contributed by atoms with E-state index in [2.05, 4.69) is 0 Å². The molecule has 5 heteroatoms. The van der Waals surface area contributed by atoms with Crippen molar-refractivity contribution in [1.29, 1.82) is 0 Å². The normalized spacial score (nSPS) is 22.6. The summed E-state index contributed by atoms with van der Waals surface area (Å²) in [6, 6.07) is 13.8. The zero-order valence-corrected chi connectivity index (χ0v) is 16.0. The second kappa shape index (κ2) is 7.66. The number of hydrogen-bond acceptors (Lipinski definition) is 4. The lowest BCUT2D eigenvalue weighted by atomic mass is 9.77. The van der Waals surface area contributed by atoms with Gasteiger partial charge in [0.05, 0.1) is 19.1 Å². The number of carbonyl (C=O) groups excluding carboxylic acids is 2. The fourth-order valence-corrected chi connectivity index (χ4v) is 4.72. The van der Waals surface area contributed by atoms with Gasteiger partial charge < -0.3 is 19.5 Å². The molecule has 1 fully saturated rings. The highest BCUT2D eigenvalue weighted by molar-refractivity contribution is 6.00. The Morgan fingerprint density at radius 1 is 1.04 bits per heavy atom. The number of amides is 1. The molecule has 0 N–H and O–H groups in total. The summed E-state index contributed by atoms with van der Waals surface area (Å²) in [5, 5.41) is 12.3. The third kappa shape index (κ3) is 3.15. The van der Waals surface area contributed by atoms with E-state index >= 15 is 0 Å². The first kappa shape index (κ1) is 18.5. The van der Waals surface area contributed by atoms with E-state index in [9.17, 15) is 14.7 Å². The van der Waals surface area contributed by atoms with Crippen LogP contribution >= 0.6 is 0 Å². The van der Waals surface area contributed by atoms with E-state index in [1.54, 1.807) is 31.4 Å². The van der Waals surface area contributed by atoms with Crippen LogP contribution in [0.15, 0.2) is 48.5 Å². The average molecular weight is 378 g/mol. The number of aliphatic carboxylic acids is 1. The molecule has 1 heterocycles. The summed E-state index contributed by atoms with van der Waals surface area (Å²) in [5.41, 5.74) is 1.82. The minimum Gasteiger partial charge on any atom is -0.549 e. The maximum atomic E-state index is 13.5. The first-order chi connectivity index (χ1) is 13.6. The number of carboxylic acids is 1. The van der Waals surface area contributed by atoms with Crippen LogP contribution in [0, 0.1) is 0 Å². The van der Waals surface area contributed by atoms with Crippen molar-refractivity contribution in [3.05, 3.63) is 65.2 Å². The Labute approximate surface area is 164 Å². The topological polar surface area (TPSA) is 69.7 Å². The monoisotopic (exact) mass is 378 g/mol. The Bertz CT molecular complexity index is 870. The van der Waals surface area contributed by atoms with Gasteiger partial charge in [0.2, 0.25) is 0 Å². The highest BCUT2D eigenvalue weighted by atomic mass is 16.5. The Morgan fingerprint density at radius 3 is 2.36 bits per heavy atom. The molecule has 0 aromatic heterocycles. The highest BCUT2D eigenvalue weighted by Gasteiger charge is 2.44. The third-order valence-electron chi connectivity index (χ3n) is 6.06. The van der Waals surface area contributed by atoms with E-state index in [1.807, 2.05) is 29.2 Å².